The quantitative estimate of drug-likeness (QED) is 0.273. The monoisotopic (exact) mass is 526 g/mol. The van der Waals surface area contributed by atoms with Crippen molar-refractivity contribution in [1.82, 2.24) is 0 Å². The number of fused-ring (bicyclic) bond motifs is 2. The van der Waals surface area contributed by atoms with Crippen LogP contribution in [0.3, 0.4) is 0 Å². The molecule has 0 unspecified atom stereocenters. The molecule has 0 aromatic heterocycles. The number of benzene rings is 4. The molecule has 0 atom stereocenters. The molecule has 37 heavy (non-hydrogen) atoms. The molecule has 0 N–H and O–H groups in total. The van der Waals surface area contributed by atoms with E-state index in [1.54, 1.807) is 0 Å². The van der Waals surface area contributed by atoms with Gasteiger partial charge in [0, 0.05) is 39.4 Å². The Kier molecular flexibility index (Phi) is 6.25. The highest BCUT2D eigenvalue weighted by atomic mass is 32.1. The van der Waals surface area contributed by atoms with E-state index in [2.05, 4.69) is 97.4 Å². The minimum Gasteiger partial charge on any atom is -0.473 e. The van der Waals surface area contributed by atoms with Gasteiger partial charge in [-0.3, -0.25) is 0 Å². The van der Waals surface area contributed by atoms with E-state index < -0.39 is 0 Å². The van der Waals surface area contributed by atoms with E-state index in [1.165, 1.54) is 22.3 Å². The average molecular weight is 527 g/mol. The van der Waals surface area contributed by atoms with Crippen molar-refractivity contribution in [2.75, 3.05) is 23.3 Å². The second-order valence-corrected chi connectivity index (χ2v) is 11.2. The molecule has 4 aromatic carbocycles. The van der Waals surface area contributed by atoms with Crippen LogP contribution in [0, 0.1) is 0 Å². The maximum atomic E-state index is 6.12. The molecule has 6 rings (SSSR count). The highest BCUT2D eigenvalue weighted by Crippen LogP contribution is 2.40. The maximum Gasteiger partial charge on any atom is 0.161 e. The molecular formula is C31H30N2O2S2. The second kappa shape index (κ2) is 9.58. The van der Waals surface area contributed by atoms with Crippen LogP contribution in [0.15, 0.2) is 94.7 Å². The predicted octanol–water partition coefficient (Wildman–Crippen LogP) is 7.30. The summed E-state index contributed by atoms with van der Waals surface area (Å²) < 4.78 is 12.2. The van der Waals surface area contributed by atoms with Crippen molar-refractivity contribution in [3.63, 3.8) is 0 Å². The van der Waals surface area contributed by atoms with Crippen molar-refractivity contribution in [1.29, 1.82) is 0 Å². The molecule has 0 saturated heterocycles. The summed E-state index contributed by atoms with van der Waals surface area (Å²) >= 11 is 9.30. The van der Waals surface area contributed by atoms with Crippen molar-refractivity contribution in [3.05, 3.63) is 107 Å². The number of thiol groups is 2. The van der Waals surface area contributed by atoms with Gasteiger partial charge >= 0.3 is 0 Å². The molecule has 0 fully saturated rings. The van der Waals surface area contributed by atoms with Gasteiger partial charge in [0.1, 0.15) is 11.5 Å². The Labute approximate surface area is 229 Å². The van der Waals surface area contributed by atoms with Crippen LogP contribution in [0.5, 0.6) is 11.5 Å². The molecule has 0 spiro atoms. The number of ether oxygens (including phenoxy) is 2. The van der Waals surface area contributed by atoms with E-state index in [1.807, 2.05) is 36.4 Å². The number of nitrogens with zero attached hydrogens (tertiary/aromatic N) is 2. The summed E-state index contributed by atoms with van der Waals surface area (Å²) in [5.41, 5.74) is 6.86. The van der Waals surface area contributed by atoms with Crippen molar-refractivity contribution < 1.29 is 9.47 Å². The van der Waals surface area contributed by atoms with Crippen molar-refractivity contribution in [3.8, 4) is 11.5 Å². The van der Waals surface area contributed by atoms with Gasteiger partial charge in [-0.1, -0.05) is 50.2 Å². The summed E-state index contributed by atoms with van der Waals surface area (Å²) in [5, 5.41) is 0. The molecule has 2 aliphatic rings. The van der Waals surface area contributed by atoms with E-state index in [4.69, 9.17) is 9.47 Å². The first-order chi connectivity index (χ1) is 17.9. The summed E-state index contributed by atoms with van der Waals surface area (Å²) in [6.45, 7) is 7.17. The average Bonchev–Trinajstić information content (AvgIpc) is 2.92. The highest BCUT2D eigenvalue weighted by Gasteiger charge is 2.28. The third kappa shape index (κ3) is 4.53. The summed E-state index contributed by atoms with van der Waals surface area (Å²) in [6.07, 6.45) is 0. The van der Waals surface area contributed by atoms with E-state index in [0.29, 0.717) is 13.5 Å². The number of hydrogen-bond acceptors (Lipinski definition) is 6. The molecule has 4 nitrogen and oxygen atoms in total. The fraction of sp³-hybridized carbons (Fsp3) is 0.226. The Hall–Kier alpha value is -3.22. The molecule has 188 valence electrons. The first-order valence-corrected chi connectivity index (χ1v) is 13.4. The van der Waals surface area contributed by atoms with Crippen LogP contribution in [0.4, 0.5) is 11.4 Å². The van der Waals surface area contributed by atoms with Gasteiger partial charge < -0.3 is 19.3 Å². The van der Waals surface area contributed by atoms with Crippen LogP contribution in [-0.4, -0.2) is 13.5 Å². The standard InChI is InChI=1S/C31H30N2O2S2/c1-31(2,23-11-13-27-21(15-23)17-32(19-34-27)25-7-3-5-9-29(25)36)24-12-14-28-22(16-24)18-33(20-35-28)26-8-4-6-10-30(26)37/h3-16,36-37H,17-20H2,1-2H3. The fourth-order valence-corrected chi connectivity index (χ4v) is 5.81. The fourth-order valence-electron chi connectivity index (χ4n) is 5.20. The minimum absolute atomic E-state index is 0.197. The molecule has 0 amide bonds. The lowest BCUT2D eigenvalue weighted by molar-refractivity contribution is 0.288. The Bertz CT molecular complexity index is 1360. The Morgan fingerprint density at radius 1 is 0.622 bits per heavy atom. The summed E-state index contributed by atoms with van der Waals surface area (Å²) in [6, 6.07) is 29.5. The van der Waals surface area contributed by atoms with E-state index in [9.17, 15) is 0 Å². The van der Waals surface area contributed by atoms with Gasteiger partial charge in [-0.15, -0.1) is 25.3 Å². The maximum absolute atomic E-state index is 6.12. The lowest BCUT2D eigenvalue weighted by Crippen LogP contribution is -2.33. The normalized spacial score (nSPS) is 14.9. The van der Waals surface area contributed by atoms with E-state index in [0.717, 1.165) is 45.8 Å². The molecule has 0 bridgehead atoms. The molecule has 4 aromatic rings. The van der Waals surface area contributed by atoms with Crippen LogP contribution in [0.2, 0.25) is 0 Å². The van der Waals surface area contributed by atoms with Crippen LogP contribution >= 0.6 is 25.3 Å². The first kappa shape index (κ1) is 24.1. The van der Waals surface area contributed by atoms with Gasteiger partial charge in [0.25, 0.3) is 0 Å². The zero-order chi connectivity index (χ0) is 25.6. The zero-order valence-corrected chi connectivity index (χ0v) is 22.8. The van der Waals surface area contributed by atoms with E-state index in [-0.39, 0.29) is 5.41 Å². The molecule has 2 heterocycles. The lowest BCUT2D eigenvalue weighted by Gasteiger charge is -2.35. The minimum atomic E-state index is -0.197. The largest absolute Gasteiger partial charge is 0.473 e. The van der Waals surface area contributed by atoms with Gasteiger partial charge in [0.2, 0.25) is 0 Å². The Balaban J connectivity index is 1.28. The topological polar surface area (TPSA) is 24.9 Å². The van der Waals surface area contributed by atoms with Crippen LogP contribution in [0.25, 0.3) is 0 Å². The number of hydrogen-bond donors (Lipinski definition) is 2. The first-order valence-electron chi connectivity index (χ1n) is 12.5. The smallest absolute Gasteiger partial charge is 0.161 e. The van der Waals surface area contributed by atoms with Gasteiger partial charge in [-0.25, -0.2) is 0 Å². The summed E-state index contributed by atoms with van der Waals surface area (Å²) in [7, 11) is 0. The van der Waals surface area contributed by atoms with Crippen molar-refractivity contribution in [2.24, 2.45) is 0 Å². The summed E-state index contributed by atoms with van der Waals surface area (Å²) in [4.78, 5) is 6.37. The number of rotatable bonds is 4. The van der Waals surface area contributed by atoms with Crippen LogP contribution in [-0.2, 0) is 18.5 Å². The summed E-state index contributed by atoms with van der Waals surface area (Å²) in [5.74, 6) is 1.90. The third-order valence-corrected chi connectivity index (χ3v) is 8.24. The van der Waals surface area contributed by atoms with Crippen molar-refractivity contribution in [2.45, 2.75) is 42.1 Å². The van der Waals surface area contributed by atoms with Crippen LogP contribution < -0.4 is 19.3 Å². The Morgan fingerprint density at radius 3 is 1.49 bits per heavy atom. The molecule has 0 saturated carbocycles. The van der Waals surface area contributed by atoms with Gasteiger partial charge in [-0.2, -0.15) is 0 Å². The van der Waals surface area contributed by atoms with Crippen LogP contribution in [0.1, 0.15) is 36.1 Å². The molecular weight excluding hydrogens is 496 g/mol. The van der Waals surface area contributed by atoms with Gasteiger partial charge in [-0.05, 0) is 59.7 Å². The Morgan fingerprint density at radius 2 is 1.05 bits per heavy atom. The van der Waals surface area contributed by atoms with Gasteiger partial charge in [0.05, 0.1) is 11.4 Å². The van der Waals surface area contributed by atoms with Crippen molar-refractivity contribution >= 4 is 36.6 Å². The second-order valence-electron chi connectivity index (χ2n) is 10.2. The number of anilines is 2. The predicted molar refractivity (Wildman–Crippen MR) is 156 cm³/mol. The zero-order valence-electron chi connectivity index (χ0n) is 21.0. The SMILES string of the molecule is CC(C)(c1ccc2c(c1)CN(c1ccccc1S)CO2)c1ccc2c(c1)CN(c1ccccc1S)CO2. The highest BCUT2D eigenvalue weighted by molar-refractivity contribution is 7.80. The lowest BCUT2D eigenvalue weighted by atomic mass is 9.77. The van der Waals surface area contributed by atoms with Gasteiger partial charge in [0.15, 0.2) is 13.5 Å². The third-order valence-electron chi connectivity index (χ3n) is 7.48. The molecule has 6 heteroatoms. The van der Waals surface area contributed by atoms with E-state index >= 15 is 0 Å². The number of para-hydroxylation sites is 2. The molecule has 2 aliphatic heterocycles. The molecule has 0 radical (unpaired) electrons. The molecule has 0 aliphatic carbocycles.